The molecule has 0 heterocycles. The van der Waals surface area contributed by atoms with Crippen molar-refractivity contribution in [3.05, 3.63) is 34.9 Å². The maximum atomic E-state index is 11.7. The van der Waals surface area contributed by atoms with Crippen molar-refractivity contribution in [2.45, 2.75) is 17.7 Å². The van der Waals surface area contributed by atoms with Gasteiger partial charge in [0.1, 0.15) is 0 Å². The molecule has 1 aromatic carbocycles. The van der Waals surface area contributed by atoms with Gasteiger partial charge in [-0.15, -0.1) is 11.8 Å². The largest absolute Gasteiger partial charge is 0.398 e. The van der Waals surface area contributed by atoms with Crippen molar-refractivity contribution in [2.24, 2.45) is 11.7 Å². The monoisotopic (exact) mass is 267 g/mol. The number of ketones is 1. The molecular formula is C13H14ClNOS. The molecule has 1 aromatic rings. The molecule has 0 aromatic heterocycles. The number of hydrogen-bond acceptors (Lipinski definition) is 3. The number of thioether (sulfide) groups is 1. The second-order valence-electron chi connectivity index (χ2n) is 4.12. The standard InChI is InChI=1S/C13H14ClNOS/c1-17-13-6-9(14)4-5-10(13)11(15)7-12(16)8-2-3-8/h4-8H,2-3,15H2,1H3. The zero-order valence-corrected chi connectivity index (χ0v) is 11.1. The predicted octanol–water partition coefficient (Wildman–Crippen LogP) is 3.34. The van der Waals surface area contributed by atoms with E-state index >= 15 is 0 Å². The maximum Gasteiger partial charge on any atom is 0.160 e. The van der Waals surface area contributed by atoms with E-state index < -0.39 is 0 Å². The fourth-order valence-electron chi connectivity index (χ4n) is 1.62. The van der Waals surface area contributed by atoms with Crippen molar-refractivity contribution in [2.75, 3.05) is 6.26 Å². The summed E-state index contributed by atoms with van der Waals surface area (Å²) in [5.41, 5.74) is 7.39. The van der Waals surface area contributed by atoms with E-state index in [1.807, 2.05) is 18.4 Å². The Labute approximate surface area is 110 Å². The Balaban J connectivity index is 2.28. The number of nitrogens with two attached hydrogens (primary N) is 1. The van der Waals surface area contributed by atoms with E-state index in [1.54, 1.807) is 23.9 Å². The summed E-state index contributed by atoms with van der Waals surface area (Å²) in [6.45, 7) is 0. The molecule has 1 aliphatic carbocycles. The van der Waals surface area contributed by atoms with Crippen LogP contribution in [0.4, 0.5) is 0 Å². The number of carbonyl (C=O) groups excluding carboxylic acids is 1. The van der Waals surface area contributed by atoms with Crippen LogP contribution in [-0.4, -0.2) is 12.0 Å². The molecule has 17 heavy (non-hydrogen) atoms. The molecule has 1 fully saturated rings. The zero-order chi connectivity index (χ0) is 12.4. The Morgan fingerprint density at radius 3 is 2.82 bits per heavy atom. The predicted molar refractivity (Wildman–Crippen MR) is 73.1 cm³/mol. The minimum Gasteiger partial charge on any atom is -0.398 e. The van der Waals surface area contributed by atoms with Crippen molar-refractivity contribution in [3.63, 3.8) is 0 Å². The molecule has 1 saturated carbocycles. The number of benzene rings is 1. The molecule has 2 rings (SSSR count). The van der Waals surface area contributed by atoms with E-state index in [1.165, 1.54) is 0 Å². The lowest BCUT2D eigenvalue weighted by Gasteiger charge is -2.08. The first-order valence-corrected chi connectivity index (χ1v) is 7.07. The molecule has 0 spiro atoms. The summed E-state index contributed by atoms with van der Waals surface area (Å²) in [5, 5.41) is 0.680. The minimum absolute atomic E-state index is 0.143. The number of carbonyl (C=O) groups is 1. The van der Waals surface area contributed by atoms with Gasteiger partial charge in [-0.1, -0.05) is 17.7 Å². The Kier molecular flexibility index (Phi) is 3.79. The van der Waals surface area contributed by atoms with E-state index in [0.29, 0.717) is 10.7 Å². The van der Waals surface area contributed by atoms with Crippen molar-refractivity contribution in [1.82, 2.24) is 0 Å². The third-order valence-corrected chi connectivity index (χ3v) is 3.76. The molecular weight excluding hydrogens is 254 g/mol. The first-order chi connectivity index (χ1) is 8.11. The average Bonchev–Trinajstić information content (AvgIpc) is 3.12. The molecule has 0 saturated heterocycles. The van der Waals surface area contributed by atoms with Crippen LogP contribution in [0.3, 0.4) is 0 Å². The van der Waals surface area contributed by atoms with Crippen LogP contribution in [0.1, 0.15) is 18.4 Å². The second kappa shape index (κ2) is 5.15. The molecule has 0 bridgehead atoms. The van der Waals surface area contributed by atoms with Gasteiger partial charge in [-0.3, -0.25) is 4.79 Å². The van der Waals surface area contributed by atoms with Crippen LogP contribution in [0.2, 0.25) is 5.02 Å². The van der Waals surface area contributed by atoms with Gasteiger partial charge in [-0.25, -0.2) is 0 Å². The van der Waals surface area contributed by atoms with Crippen LogP contribution in [0, 0.1) is 5.92 Å². The molecule has 0 amide bonds. The third kappa shape index (κ3) is 3.05. The Bertz CT molecular complexity index is 480. The average molecular weight is 268 g/mol. The molecule has 0 radical (unpaired) electrons. The summed E-state index contributed by atoms with van der Waals surface area (Å²) in [7, 11) is 0. The van der Waals surface area contributed by atoms with Crippen LogP contribution < -0.4 is 5.73 Å². The molecule has 0 atom stereocenters. The topological polar surface area (TPSA) is 43.1 Å². The normalized spacial score (nSPS) is 16.0. The van der Waals surface area contributed by atoms with Gasteiger partial charge in [0.05, 0.1) is 0 Å². The van der Waals surface area contributed by atoms with Gasteiger partial charge < -0.3 is 5.73 Å². The lowest BCUT2D eigenvalue weighted by molar-refractivity contribution is -0.115. The van der Waals surface area contributed by atoms with Gasteiger partial charge in [0.25, 0.3) is 0 Å². The Morgan fingerprint density at radius 2 is 2.24 bits per heavy atom. The number of rotatable bonds is 4. The van der Waals surface area contributed by atoms with Crippen LogP contribution in [0.25, 0.3) is 5.70 Å². The fraction of sp³-hybridized carbons (Fsp3) is 0.308. The highest BCUT2D eigenvalue weighted by Crippen LogP contribution is 2.32. The number of hydrogen-bond donors (Lipinski definition) is 1. The summed E-state index contributed by atoms with van der Waals surface area (Å²) in [6, 6.07) is 5.52. The molecule has 90 valence electrons. The van der Waals surface area contributed by atoms with Gasteiger partial charge in [0, 0.05) is 33.2 Å². The third-order valence-electron chi connectivity index (χ3n) is 2.75. The Morgan fingerprint density at radius 1 is 1.53 bits per heavy atom. The molecule has 2 nitrogen and oxygen atoms in total. The lowest BCUT2D eigenvalue weighted by atomic mass is 10.1. The van der Waals surface area contributed by atoms with Crippen molar-refractivity contribution < 1.29 is 4.79 Å². The zero-order valence-electron chi connectivity index (χ0n) is 9.57. The smallest absolute Gasteiger partial charge is 0.160 e. The Hall–Kier alpha value is -0.930. The first kappa shape index (κ1) is 12.5. The van der Waals surface area contributed by atoms with Crippen molar-refractivity contribution in [3.8, 4) is 0 Å². The molecule has 4 heteroatoms. The summed E-state index contributed by atoms with van der Waals surface area (Å²) in [4.78, 5) is 12.7. The van der Waals surface area contributed by atoms with Gasteiger partial charge in [-0.2, -0.15) is 0 Å². The molecule has 0 unspecified atom stereocenters. The first-order valence-electron chi connectivity index (χ1n) is 5.46. The summed E-state index contributed by atoms with van der Waals surface area (Å²) >= 11 is 7.50. The van der Waals surface area contributed by atoms with Crippen LogP contribution in [0.5, 0.6) is 0 Å². The van der Waals surface area contributed by atoms with Crippen LogP contribution in [-0.2, 0) is 4.79 Å². The number of halogens is 1. The highest BCUT2D eigenvalue weighted by Gasteiger charge is 2.28. The maximum absolute atomic E-state index is 11.7. The van der Waals surface area contributed by atoms with E-state index in [2.05, 4.69) is 0 Å². The van der Waals surface area contributed by atoms with Gasteiger partial charge in [0.2, 0.25) is 0 Å². The summed E-state index contributed by atoms with van der Waals surface area (Å²) in [6.07, 6.45) is 5.52. The molecule has 0 aliphatic heterocycles. The lowest BCUT2D eigenvalue weighted by Crippen LogP contribution is -2.04. The number of allylic oxidation sites excluding steroid dienone is 1. The minimum atomic E-state index is 0.143. The summed E-state index contributed by atoms with van der Waals surface area (Å²) < 4.78 is 0. The SMILES string of the molecule is CSc1cc(Cl)ccc1C(N)=CC(=O)C1CC1. The molecule has 1 aliphatic rings. The molecule has 2 N–H and O–H groups in total. The highest BCUT2D eigenvalue weighted by molar-refractivity contribution is 7.98. The van der Waals surface area contributed by atoms with E-state index in [0.717, 1.165) is 23.3 Å². The van der Waals surface area contributed by atoms with Crippen LogP contribution in [0.15, 0.2) is 29.2 Å². The highest BCUT2D eigenvalue weighted by atomic mass is 35.5. The second-order valence-corrected chi connectivity index (χ2v) is 5.41. The van der Waals surface area contributed by atoms with Gasteiger partial charge in [-0.05, 0) is 31.2 Å². The fourth-order valence-corrected chi connectivity index (χ4v) is 2.51. The van der Waals surface area contributed by atoms with E-state index in [-0.39, 0.29) is 11.7 Å². The van der Waals surface area contributed by atoms with E-state index in [4.69, 9.17) is 17.3 Å². The van der Waals surface area contributed by atoms with E-state index in [9.17, 15) is 4.79 Å². The van der Waals surface area contributed by atoms with Gasteiger partial charge >= 0.3 is 0 Å². The van der Waals surface area contributed by atoms with Crippen molar-refractivity contribution in [1.29, 1.82) is 0 Å². The van der Waals surface area contributed by atoms with Crippen LogP contribution >= 0.6 is 23.4 Å². The van der Waals surface area contributed by atoms with Crippen molar-refractivity contribution >= 4 is 34.8 Å². The quantitative estimate of drug-likeness (QED) is 0.672. The summed E-state index contributed by atoms with van der Waals surface area (Å²) in [5.74, 6) is 0.350. The van der Waals surface area contributed by atoms with Gasteiger partial charge in [0.15, 0.2) is 5.78 Å².